The van der Waals surface area contributed by atoms with E-state index in [4.69, 9.17) is 11.6 Å². The van der Waals surface area contributed by atoms with E-state index in [1.54, 1.807) is 16.0 Å². The Morgan fingerprint density at radius 1 is 1.13 bits per heavy atom. The average Bonchev–Trinajstić information content (AvgIpc) is 3.34. The zero-order valence-electron chi connectivity index (χ0n) is 16.2. The van der Waals surface area contributed by atoms with Gasteiger partial charge < -0.3 is 5.32 Å². The number of hydrogen-bond acceptors (Lipinski definition) is 5. The number of para-hydroxylation sites is 1. The molecule has 2 aromatic carbocycles. The molecular weight excluding hydrogens is 436 g/mol. The van der Waals surface area contributed by atoms with E-state index >= 15 is 0 Å². The molecule has 0 unspecified atom stereocenters. The Hall–Kier alpha value is -2.61. The number of benzene rings is 2. The molecular formula is C22H19ClN4OS2. The number of aromatic nitrogens is 3. The molecule has 0 radical (unpaired) electrons. The molecule has 2 heterocycles. The molecule has 4 rings (SSSR count). The van der Waals surface area contributed by atoms with Crippen LogP contribution in [0.25, 0.3) is 0 Å². The summed E-state index contributed by atoms with van der Waals surface area (Å²) in [6.07, 6.45) is 0.353. The molecule has 0 aliphatic heterocycles. The van der Waals surface area contributed by atoms with E-state index in [0.29, 0.717) is 18.1 Å². The Morgan fingerprint density at radius 3 is 2.70 bits per heavy atom. The van der Waals surface area contributed by atoms with E-state index in [0.717, 1.165) is 21.0 Å². The van der Waals surface area contributed by atoms with Crippen molar-refractivity contribution < 1.29 is 4.79 Å². The number of rotatable bonds is 7. The van der Waals surface area contributed by atoms with Crippen LogP contribution in [0.4, 0.5) is 5.69 Å². The predicted molar refractivity (Wildman–Crippen MR) is 123 cm³/mol. The number of anilines is 1. The van der Waals surface area contributed by atoms with Crippen molar-refractivity contribution in [1.29, 1.82) is 0 Å². The van der Waals surface area contributed by atoms with Gasteiger partial charge in [0.15, 0.2) is 5.16 Å². The maximum atomic E-state index is 12.5. The molecule has 0 saturated carbocycles. The van der Waals surface area contributed by atoms with Gasteiger partial charge in [-0.25, -0.2) is 4.68 Å². The van der Waals surface area contributed by atoms with Crippen LogP contribution in [-0.2, 0) is 17.8 Å². The van der Waals surface area contributed by atoms with Crippen molar-refractivity contribution in [2.45, 2.75) is 29.9 Å². The minimum absolute atomic E-state index is 0.0512. The number of hydrogen-bond donors (Lipinski definition) is 1. The maximum absolute atomic E-state index is 12.5. The van der Waals surface area contributed by atoms with Crippen LogP contribution in [0.2, 0.25) is 5.28 Å². The van der Waals surface area contributed by atoms with E-state index < -0.39 is 0 Å². The quantitative estimate of drug-likeness (QED) is 0.390. The van der Waals surface area contributed by atoms with Gasteiger partial charge in [0.1, 0.15) is 0 Å². The summed E-state index contributed by atoms with van der Waals surface area (Å²) in [6, 6.07) is 19.8. The first kappa shape index (κ1) is 20.7. The van der Waals surface area contributed by atoms with Crippen molar-refractivity contribution in [3.63, 3.8) is 0 Å². The lowest BCUT2D eigenvalue weighted by Crippen LogP contribution is -2.14. The van der Waals surface area contributed by atoms with Crippen LogP contribution in [0.3, 0.4) is 0 Å². The molecule has 0 fully saturated rings. The van der Waals surface area contributed by atoms with E-state index in [2.05, 4.69) is 46.6 Å². The molecule has 4 aromatic rings. The summed E-state index contributed by atoms with van der Waals surface area (Å²) >= 11 is 9.10. The highest BCUT2D eigenvalue weighted by Gasteiger charge is 2.15. The molecule has 0 saturated heterocycles. The van der Waals surface area contributed by atoms with Gasteiger partial charge in [0.25, 0.3) is 0 Å². The third kappa shape index (κ3) is 5.30. The number of carbonyl (C=O) groups is 1. The van der Waals surface area contributed by atoms with Gasteiger partial charge in [-0.3, -0.25) is 4.79 Å². The van der Waals surface area contributed by atoms with Gasteiger partial charge in [0, 0.05) is 9.77 Å². The molecule has 1 amide bonds. The molecule has 30 heavy (non-hydrogen) atoms. The minimum atomic E-state index is -0.0512. The van der Waals surface area contributed by atoms with E-state index in [1.165, 1.54) is 17.3 Å². The first-order valence-electron chi connectivity index (χ1n) is 9.32. The average molecular weight is 455 g/mol. The molecule has 8 heteroatoms. The Labute approximate surface area is 188 Å². The van der Waals surface area contributed by atoms with E-state index in [1.807, 2.05) is 41.8 Å². The number of aryl methyl sites for hydroxylation is 1. The van der Waals surface area contributed by atoms with Crippen LogP contribution in [0.1, 0.15) is 16.0 Å². The summed E-state index contributed by atoms with van der Waals surface area (Å²) < 4.78 is 1.78. The van der Waals surface area contributed by atoms with Crippen molar-refractivity contribution in [1.82, 2.24) is 14.8 Å². The lowest BCUT2D eigenvalue weighted by molar-refractivity contribution is -0.115. The smallest absolute Gasteiger partial charge is 0.243 e. The molecule has 0 atom stereocenters. The molecule has 2 aromatic heterocycles. The number of halogens is 1. The SMILES string of the molecule is Cc1ccc(Cn2nc(Cl)nc2Sc2ccccc2NC(=O)Cc2cccs2)cc1. The summed E-state index contributed by atoms with van der Waals surface area (Å²) in [5.74, 6) is -0.0512. The second kappa shape index (κ2) is 9.47. The van der Waals surface area contributed by atoms with Crippen molar-refractivity contribution in [3.8, 4) is 0 Å². The zero-order chi connectivity index (χ0) is 20.9. The second-order valence-corrected chi connectivity index (χ2v) is 9.09. The van der Waals surface area contributed by atoms with Gasteiger partial charge in [-0.15, -0.1) is 16.4 Å². The summed E-state index contributed by atoms with van der Waals surface area (Å²) in [5, 5.41) is 10.2. The highest BCUT2D eigenvalue weighted by Crippen LogP contribution is 2.33. The second-order valence-electron chi connectivity index (χ2n) is 6.71. The lowest BCUT2D eigenvalue weighted by atomic mass is 10.1. The summed E-state index contributed by atoms with van der Waals surface area (Å²) in [4.78, 5) is 18.7. The van der Waals surface area contributed by atoms with Gasteiger partial charge in [0.05, 0.1) is 18.7 Å². The molecule has 0 aliphatic rings. The number of nitrogens with zero attached hydrogens (tertiary/aromatic N) is 3. The Bertz CT molecular complexity index is 1140. The fourth-order valence-corrected chi connectivity index (χ4v) is 4.71. The fraction of sp³-hybridized carbons (Fsp3) is 0.136. The number of amides is 1. The van der Waals surface area contributed by atoms with Gasteiger partial charge in [-0.2, -0.15) is 4.98 Å². The Morgan fingerprint density at radius 2 is 1.93 bits per heavy atom. The molecule has 0 bridgehead atoms. The van der Waals surface area contributed by atoms with Crippen LogP contribution in [0, 0.1) is 6.92 Å². The van der Waals surface area contributed by atoms with Crippen LogP contribution in [0.15, 0.2) is 76.1 Å². The monoisotopic (exact) mass is 454 g/mol. The van der Waals surface area contributed by atoms with Crippen molar-refractivity contribution in [3.05, 3.63) is 87.3 Å². The standard InChI is InChI=1S/C22H19ClN4OS2/c1-15-8-10-16(11-9-15)14-27-22(25-21(23)26-27)30-19-7-3-2-6-18(19)24-20(28)13-17-5-4-12-29-17/h2-12H,13-14H2,1H3,(H,24,28). The van der Waals surface area contributed by atoms with Crippen LogP contribution < -0.4 is 5.32 Å². The van der Waals surface area contributed by atoms with Crippen molar-refractivity contribution in [2.24, 2.45) is 0 Å². The van der Waals surface area contributed by atoms with Crippen LogP contribution >= 0.6 is 34.7 Å². The van der Waals surface area contributed by atoms with E-state index in [9.17, 15) is 4.79 Å². The minimum Gasteiger partial charge on any atom is -0.325 e. The lowest BCUT2D eigenvalue weighted by Gasteiger charge is -2.11. The highest BCUT2D eigenvalue weighted by atomic mass is 35.5. The number of nitrogens with one attached hydrogen (secondary N) is 1. The zero-order valence-corrected chi connectivity index (χ0v) is 18.6. The largest absolute Gasteiger partial charge is 0.325 e. The van der Waals surface area contributed by atoms with Crippen molar-refractivity contribution >= 4 is 46.3 Å². The first-order valence-corrected chi connectivity index (χ1v) is 11.4. The number of carbonyl (C=O) groups excluding carboxylic acids is 1. The normalized spacial score (nSPS) is 10.9. The third-order valence-corrected chi connectivity index (χ3v) is 6.44. The highest BCUT2D eigenvalue weighted by molar-refractivity contribution is 7.99. The summed E-state index contributed by atoms with van der Waals surface area (Å²) in [6.45, 7) is 2.62. The first-order chi connectivity index (χ1) is 14.6. The molecule has 0 spiro atoms. The topological polar surface area (TPSA) is 59.8 Å². The molecule has 1 N–H and O–H groups in total. The van der Waals surface area contributed by atoms with Crippen LogP contribution in [-0.4, -0.2) is 20.7 Å². The number of thiophene rings is 1. The molecule has 152 valence electrons. The summed E-state index contributed by atoms with van der Waals surface area (Å²) in [7, 11) is 0. The van der Waals surface area contributed by atoms with Gasteiger partial charge in [-0.05, 0) is 59.4 Å². The van der Waals surface area contributed by atoms with Gasteiger partial charge in [-0.1, -0.05) is 48.0 Å². The fourth-order valence-electron chi connectivity index (χ4n) is 2.87. The Balaban J connectivity index is 1.52. The Kier molecular flexibility index (Phi) is 6.52. The molecule has 0 aliphatic carbocycles. The van der Waals surface area contributed by atoms with Crippen LogP contribution in [0.5, 0.6) is 0 Å². The van der Waals surface area contributed by atoms with Gasteiger partial charge >= 0.3 is 0 Å². The van der Waals surface area contributed by atoms with E-state index in [-0.39, 0.29) is 11.2 Å². The third-order valence-electron chi connectivity index (χ3n) is 4.34. The summed E-state index contributed by atoms with van der Waals surface area (Å²) in [5.41, 5.74) is 3.06. The molecule has 5 nitrogen and oxygen atoms in total. The van der Waals surface area contributed by atoms with Crippen molar-refractivity contribution in [2.75, 3.05) is 5.32 Å². The maximum Gasteiger partial charge on any atom is 0.243 e. The van der Waals surface area contributed by atoms with Gasteiger partial charge in [0.2, 0.25) is 11.2 Å². The predicted octanol–water partition coefficient (Wildman–Crippen LogP) is 5.68.